The lowest BCUT2D eigenvalue weighted by molar-refractivity contribution is 0.823. The molecule has 0 aliphatic heterocycles. The number of nitrogens with two attached hydrogens (primary N) is 1. The quantitative estimate of drug-likeness (QED) is 0.861. The van der Waals surface area contributed by atoms with E-state index in [0.29, 0.717) is 11.4 Å². The Balaban J connectivity index is 0. The van der Waals surface area contributed by atoms with Gasteiger partial charge in [-0.25, -0.2) is 0 Å². The molecule has 1 aromatic rings. The minimum absolute atomic E-state index is 0.468. The fourth-order valence-corrected chi connectivity index (χ4v) is 1.16. The Morgan fingerprint density at radius 2 is 1.76 bits per heavy atom. The van der Waals surface area contributed by atoms with Gasteiger partial charge in [-0.05, 0) is 11.6 Å². The van der Waals surface area contributed by atoms with Gasteiger partial charge < -0.3 is 5.73 Å². The van der Waals surface area contributed by atoms with Crippen LogP contribution in [-0.4, -0.2) is 6.04 Å². The fraction of sp³-hybridized carbons (Fsp3) is 0.500. The molecule has 17 heavy (non-hydrogen) atoms. The van der Waals surface area contributed by atoms with E-state index >= 15 is 0 Å². The van der Waals surface area contributed by atoms with E-state index < -0.39 is 6.04 Å². The van der Waals surface area contributed by atoms with E-state index in [1.807, 2.05) is 38.1 Å². The van der Waals surface area contributed by atoms with Gasteiger partial charge in [0.1, 0.15) is 0 Å². The molecule has 0 amide bonds. The highest BCUT2D eigenvalue weighted by Gasteiger charge is 2.04. The van der Waals surface area contributed by atoms with Crippen molar-refractivity contribution < 1.29 is 0 Å². The van der Waals surface area contributed by atoms with Gasteiger partial charge in [0.25, 0.3) is 0 Å². The second-order valence-electron chi connectivity index (χ2n) is 3.24. The summed E-state index contributed by atoms with van der Waals surface area (Å²) in [5.41, 5.74) is 6.38. The Morgan fingerprint density at radius 3 is 2.18 bits per heavy atom. The lowest BCUT2D eigenvalue weighted by Crippen LogP contribution is -2.20. The maximum atomic E-state index is 8.47. The Hall–Kier alpha value is -1.04. The molecule has 0 radical (unpaired) electrons. The van der Waals surface area contributed by atoms with Crippen LogP contribution >= 0.6 is 11.6 Å². The zero-order valence-corrected chi connectivity index (χ0v) is 12.0. The van der Waals surface area contributed by atoms with Crippen LogP contribution in [0.3, 0.4) is 0 Å². The summed E-state index contributed by atoms with van der Waals surface area (Å²) < 4.78 is 0. The third-order valence-corrected chi connectivity index (χ3v) is 1.93. The van der Waals surface area contributed by atoms with Crippen LogP contribution in [0.15, 0.2) is 24.3 Å². The average Bonchev–Trinajstić information content (AvgIpc) is 2.35. The predicted molar refractivity (Wildman–Crippen MR) is 76.1 cm³/mol. The van der Waals surface area contributed by atoms with E-state index in [2.05, 4.69) is 13.8 Å². The standard InChI is InChI=1S/C9H9ClN2.C3H8.C2H6/c10-9-4-2-1-3-7(9)5-8(12)6-11;1-3-2;1-2/h1-4,8H,5,12H2;3H2,1-2H3;1-2H3. The van der Waals surface area contributed by atoms with Crippen LogP contribution in [0.5, 0.6) is 0 Å². The molecule has 0 aliphatic carbocycles. The summed E-state index contributed by atoms with van der Waals surface area (Å²) in [5.74, 6) is 0. The Kier molecular flexibility index (Phi) is 14.0. The molecule has 1 unspecified atom stereocenters. The molecule has 0 fully saturated rings. The van der Waals surface area contributed by atoms with Crippen LogP contribution < -0.4 is 5.73 Å². The predicted octanol–water partition coefficient (Wildman–Crippen LogP) is 4.18. The van der Waals surface area contributed by atoms with Crippen molar-refractivity contribution in [2.24, 2.45) is 5.73 Å². The zero-order chi connectivity index (χ0) is 13.7. The zero-order valence-electron chi connectivity index (χ0n) is 11.2. The van der Waals surface area contributed by atoms with Gasteiger partial charge in [-0.2, -0.15) is 5.26 Å². The molecule has 0 saturated heterocycles. The first-order valence-electron chi connectivity index (χ1n) is 6.04. The number of benzene rings is 1. The lowest BCUT2D eigenvalue weighted by atomic mass is 10.1. The van der Waals surface area contributed by atoms with E-state index in [0.717, 1.165) is 5.56 Å². The summed E-state index contributed by atoms with van der Waals surface area (Å²) >= 11 is 5.86. The van der Waals surface area contributed by atoms with Crippen LogP contribution in [0.1, 0.15) is 39.7 Å². The molecule has 0 spiro atoms. The molecule has 1 rings (SSSR count). The van der Waals surface area contributed by atoms with Crippen LogP contribution in [0.2, 0.25) is 5.02 Å². The van der Waals surface area contributed by atoms with Crippen molar-refractivity contribution >= 4 is 11.6 Å². The molecule has 96 valence electrons. The van der Waals surface area contributed by atoms with Gasteiger partial charge in [0.05, 0.1) is 12.1 Å². The Labute approximate surface area is 110 Å². The summed E-state index contributed by atoms with van der Waals surface area (Å²) in [4.78, 5) is 0. The van der Waals surface area contributed by atoms with Crippen molar-refractivity contribution in [1.29, 1.82) is 5.26 Å². The van der Waals surface area contributed by atoms with Crippen LogP contribution in [0.25, 0.3) is 0 Å². The van der Waals surface area contributed by atoms with Crippen molar-refractivity contribution in [3.8, 4) is 6.07 Å². The maximum absolute atomic E-state index is 8.47. The normalized spacial score (nSPS) is 9.94. The van der Waals surface area contributed by atoms with Gasteiger partial charge in [-0.1, -0.05) is 63.9 Å². The number of nitriles is 1. The minimum atomic E-state index is -0.468. The van der Waals surface area contributed by atoms with Crippen LogP contribution in [-0.2, 0) is 6.42 Å². The molecule has 0 saturated carbocycles. The summed E-state index contributed by atoms with van der Waals surface area (Å²) in [7, 11) is 0. The van der Waals surface area contributed by atoms with Gasteiger partial charge in [0, 0.05) is 11.4 Å². The number of nitrogens with zero attached hydrogens (tertiary/aromatic N) is 1. The topological polar surface area (TPSA) is 49.8 Å². The fourth-order valence-electron chi connectivity index (χ4n) is 0.947. The maximum Gasteiger partial charge on any atom is 0.0969 e. The van der Waals surface area contributed by atoms with E-state index in [-0.39, 0.29) is 0 Å². The molecule has 2 nitrogen and oxygen atoms in total. The number of hydrogen-bond acceptors (Lipinski definition) is 2. The molecule has 0 aromatic heterocycles. The van der Waals surface area contributed by atoms with E-state index in [1.165, 1.54) is 6.42 Å². The van der Waals surface area contributed by atoms with Gasteiger partial charge in [0.15, 0.2) is 0 Å². The van der Waals surface area contributed by atoms with E-state index in [1.54, 1.807) is 6.07 Å². The highest BCUT2D eigenvalue weighted by Crippen LogP contribution is 2.15. The van der Waals surface area contributed by atoms with Gasteiger partial charge in [0.2, 0.25) is 0 Å². The minimum Gasteiger partial charge on any atom is -0.316 e. The second kappa shape index (κ2) is 13.0. The lowest BCUT2D eigenvalue weighted by Gasteiger charge is -2.04. The summed E-state index contributed by atoms with van der Waals surface area (Å²) in [6.45, 7) is 8.25. The summed E-state index contributed by atoms with van der Waals surface area (Å²) in [6, 6.07) is 8.89. The summed E-state index contributed by atoms with van der Waals surface area (Å²) in [5, 5.41) is 9.14. The van der Waals surface area contributed by atoms with Gasteiger partial charge in [-0.3, -0.25) is 0 Å². The van der Waals surface area contributed by atoms with Gasteiger partial charge in [-0.15, -0.1) is 0 Å². The number of hydrogen-bond donors (Lipinski definition) is 1. The number of rotatable bonds is 2. The first kappa shape index (κ1) is 18.3. The van der Waals surface area contributed by atoms with Crippen molar-refractivity contribution in [2.75, 3.05) is 0 Å². The number of halogens is 1. The third-order valence-electron chi connectivity index (χ3n) is 1.56. The molecule has 0 aliphatic rings. The highest BCUT2D eigenvalue weighted by atomic mass is 35.5. The molecule has 3 heteroatoms. The van der Waals surface area contributed by atoms with E-state index in [4.69, 9.17) is 22.6 Å². The molecule has 1 atom stereocenters. The van der Waals surface area contributed by atoms with Crippen LogP contribution in [0.4, 0.5) is 0 Å². The molecular weight excluding hydrogens is 232 g/mol. The second-order valence-corrected chi connectivity index (χ2v) is 3.65. The largest absolute Gasteiger partial charge is 0.316 e. The van der Waals surface area contributed by atoms with Gasteiger partial charge >= 0.3 is 0 Å². The van der Waals surface area contributed by atoms with Crippen LogP contribution in [0, 0.1) is 11.3 Å². The monoisotopic (exact) mass is 254 g/mol. The van der Waals surface area contributed by atoms with Crippen molar-refractivity contribution in [2.45, 2.75) is 46.6 Å². The van der Waals surface area contributed by atoms with Crippen molar-refractivity contribution in [3.63, 3.8) is 0 Å². The molecule has 2 N–H and O–H groups in total. The molecular formula is C14H23ClN2. The first-order chi connectivity index (χ1) is 8.15. The van der Waals surface area contributed by atoms with Crippen molar-refractivity contribution in [3.05, 3.63) is 34.9 Å². The van der Waals surface area contributed by atoms with E-state index in [9.17, 15) is 0 Å². The smallest absolute Gasteiger partial charge is 0.0969 e. The SMILES string of the molecule is CC.CCC.N#CC(N)Cc1ccccc1Cl. The Bertz CT molecular complexity index is 318. The third kappa shape index (κ3) is 9.86. The first-order valence-corrected chi connectivity index (χ1v) is 6.42. The molecule has 1 aromatic carbocycles. The molecule has 0 bridgehead atoms. The van der Waals surface area contributed by atoms with Crippen molar-refractivity contribution in [1.82, 2.24) is 0 Å². The Morgan fingerprint density at radius 1 is 1.29 bits per heavy atom. The summed E-state index contributed by atoms with van der Waals surface area (Å²) in [6.07, 6.45) is 1.76. The molecule has 0 heterocycles. The average molecular weight is 255 g/mol. The highest BCUT2D eigenvalue weighted by molar-refractivity contribution is 6.31.